The zero-order valence-corrected chi connectivity index (χ0v) is 17.1. The lowest BCUT2D eigenvalue weighted by Crippen LogP contribution is -2.71. The molecule has 29 heavy (non-hydrogen) atoms. The molecule has 5 unspecified atom stereocenters. The summed E-state index contributed by atoms with van der Waals surface area (Å²) in [5.74, 6) is -0.122. The number of fused-ring (bicyclic) bond motifs is 2. The van der Waals surface area contributed by atoms with E-state index in [1.807, 2.05) is 19.1 Å². The zero-order valence-electron chi connectivity index (χ0n) is 17.1. The summed E-state index contributed by atoms with van der Waals surface area (Å²) in [5.41, 5.74) is 3.04. The quantitative estimate of drug-likeness (QED) is 0.786. The van der Waals surface area contributed by atoms with E-state index in [2.05, 4.69) is 11.0 Å². The number of benzene rings is 1. The van der Waals surface area contributed by atoms with Crippen LogP contribution in [0.3, 0.4) is 0 Å². The topological polar surface area (TPSA) is 80.6 Å². The fourth-order valence-electron chi connectivity index (χ4n) is 6.24. The highest BCUT2D eigenvalue weighted by Gasteiger charge is 2.67. The summed E-state index contributed by atoms with van der Waals surface area (Å²) in [6, 6.07) is 3.83. The van der Waals surface area contributed by atoms with E-state index < -0.39 is 17.3 Å². The van der Waals surface area contributed by atoms with Crippen LogP contribution >= 0.6 is 0 Å². The Morgan fingerprint density at radius 1 is 1.31 bits per heavy atom. The molecule has 1 aliphatic carbocycles. The van der Waals surface area contributed by atoms with Crippen molar-refractivity contribution in [3.63, 3.8) is 0 Å². The molecule has 3 bridgehead atoms. The van der Waals surface area contributed by atoms with E-state index >= 15 is 0 Å². The lowest BCUT2D eigenvalue weighted by atomic mass is 9.50. The Morgan fingerprint density at radius 2 is 2.10 bits per heavy atom. The van der Waals surface area contributed by atoms with Gasteiger partial charge >= 0.3 is 5.97 Å². The molecule has 1 aromatic carbocycles. The number of ether oxygens (including phenoxy) is 3. The van der Waals surface area contributed by atoms with Crippen LogP contribution in [0.1, 0.15) is 25.3 Å². The third-order valence-electron chi connectivity index (χ3n) is 7.42. The first kappa shape index (κ1) is 18.6. The number of allylic oxidation sites excluding steroid dienone is 1. The molecule has 1 saturated carbocycles. The van der Waals surface area contributed by atoms with Gasteiger partial charge in [-0.15, -0.1) is 0 Å². The Hall–Kier alpha value is -2.38. The fraction of sp³-hybridized carbons (Fsp3) is 0.545. The predicted octanol–water partition coefficient (Wildman–Crippen LogP) is 2.76. The molecular formula is C22H26N2O5. The van der Waals surface area contributed by atoms with E-state index in [0.717, 1.165) is 29.9 Å². The van der Waals surface area contributed by atoms with Crippen LogP contribution in [0.5, 0.6) is 11.5 Å². The van der Waals surface area contributed by atoms with Crippen molar-refractivity contribution in [3.05, 3.63) is 29.3 Å². The van der Waals surface area contributed by atoms with Crippen LogP contribution in [0.2, 0.25) is 0 Å². The minimum Gasteiger partial charge on any atom is -0.497 e. The van der Waals surface area contributed by atoms with Gasteiger partial charge in [0.1, 0.15) is 23.4 Å². The maximum absolute atomic E-state index is 12.8. The van der Waals surface area contributed by atoms with Gasteiger partial charge in [0.05, 0.1) is 31.6 Å². The van der Waals surface area contributed by atoms with Gasteiger partial charge < -0.3 is 19.3 Å². The molecule has 1 N–H and O–H groups in total. The number of carboxylic acids is 1. The molecule has 5 atom stereocenters. The van der Waals surface area contributed by atoms with Gasteiger partial charge in [0, 0.05) is 31.9 Å². The van der Waals surface area contributed by atoms with Gasteiger partial charge in [-0.1, -0.05) is 11.6 Å². The second-order valence-corrected chi connectivity index (χ2v) is 8.30. The number of hydrogen-bond donors (Lipinski definition) is 1. The van der Waals surface area contributed by atoms with Crippen molar-refractivity contribution in [2.24, 2.45) is 16.8 Å². The van der Waals surface area contributed by atoms with Crippen molar-refractivity contribution in [3.8, 4) is 11.5 Å². The van der Waals surface area contributed by atoms with Crippen LogP contribution < -0.4 is 9.47 Å². The summed E-state index contributed by atoms with van der Waals surface area (Å²) in [7, 11) is 4.93. The van der Waals surface area contributed by atoms with Crippen LogP contribution in [0.25, 0.3) is 0 Å². The van der Waals surface area contributed by atoms with Crippen LogP contribution in [0.15, 0.2) is 28.8 Å². The van der Waals surface area contributed by atoms with E-state index in [1.54, 1.807) is 21.3 Å². The van der Waals surface area contributed by atoms with Crippen molar-refractivity contribution in [1.82, 2.24) is 4.90 Å². The second-order valence-electron chi connectivity index (χ2n) is 8.30. The van der Waals surface area contributed by atoms with Crippen molar-refractivity contribution in [2.45, 2.75) is 37.5 Å². The van der Waals surface area contributed by atoms with Gasteiger partial charge in [-0.25, -0.2) is 0 Å². The summed E-state index contributed by atoms with van der Waals surface area (Å²) in [5, 5.41) is 10.5. The highest BCUT2D eigenvalue weighted by molar-refractivity contribution is 6.10. The third-order valence-corrected chi connectivity index (χ3v) is 7.42. The number of aliphatic imine (C=N–C) groups is 1. The molecular weight excluding hydrogens is 372 g/mol. The second kappa shape index (κ2) is 6.31. The molecule has 2 saturated heterocycles. The average molecular weight is 398 g/mol. The predicted molar refractivity (Wildman–Crippen MR) is 107 cm³/mol. The van der Waals surface area contributed by atoms with Gasteiger partial charge in [-0.05, 0) is 30.9 Å². The molecule has 1 aromatic rings. The van der Waals surface area contributed by atoms with E-state index in [0.29, 0.717) is 17.9 Å². The Bertz CT molecular complexity index is 955. The van der Waals surface area contributed by atoms with Crippen LogP contribution in [-0.2, 0) is 14.9 Å². The highest BCUT2D eigenvalue weighted by atomic mass is 16.5. The zero-order chi connectivity index (χ0) is 20.5. The fourth-order valence-corrected chi connectivity index (χ4v) is 6.24. The first-order valence-corrected chi connectivity index (χ1v) is 10.0. The van der Waals surface area contributed by atoms with Gasteiger partial charge in [0.2, 0.25) is 0 Å². The largest absolute Gasteiger partial charge is 0.497 e. The minimum atomic E-state index is -0.777. The summed E-state index contributed by atoms with van der Waals surface area (Å²) >= 11 is 0. The summed E-state index contributed by atoms with van der Waals surface area (Å²) in [6.07, 6.45) is 3.23. The molecule has 5 rings (SSSR count). The van der Waals surface area contributed by atoms with Gasteiger partial charge in [-0.2, -0.15) is 0 Å². The summed E-state index contributed by atoms with van der Waals surface area (Å²) in [4.78, 5) is 20.1. The summed E-state index contributed by atoms with van der Waals surface area (Å²) in [6.45, 7) is 2.72. The Labute approximate surface area is 170 Å². The van der Waals surface area contributed by atoms with Crippen LogP contribution in [-0.4, -0.2) is 61.8 Å². The standard InChI is InChI=1S/C22H26N2O5/c1-5-11-10-24-15-8-13(11)18(21(25)26)22(9-17(24)29-4)14-6-12(27-2)7-16(28-3)19(14)23-20(15)22/h5-7,13,15,17-18H,8-10H2,1-4H3,(H,25,26). The lowest BCUT2D eigenvalue weighted by molar-refractivity contribution is -0.155. The highest BCUT2D eigenvalue weighted by Crippen LogP contribution is 2.63. The molecule has 7 nitrogen and oxygen atoms in total. The molecule has 4 aliphatic rings. The van der Waals surface area contributed by atoms with Crippen molar-refractivity contribution in [2.75, 3.05) is 27.9 Å². The SMILES string of the molecule is CC=C1CN2C(OC)CC34C(=Nc5c(OC)cc(OC)cc53)C2CC1C4C(=O)O. The first-order valence-electron chi connectivity index (χ1n) is 10.0. The lowest BCUT2D eigenvalue weighted by Gasteiger charge is -2.61. The van der Waals surface area contributed by atoms with E-state index in [-0.39, 0.29) is 18.2 Å². The molecule has 3 heterocycles. The van der Waals surface area contributed by atoms with Crippen LogP contribution in [0, 0.1) is 11.8 Å². The Morgan fingerprint density at radius 3 is 2.72 bits per heavy atom. The number of piperidine rings is 2. The minimum absolute atomic E-state index is 0.0151. The number of methoxy groups -OCH3 is 3. The monoisotopic (exact) mass is 398 g/mol. The first-order chi connectivity index (χ1) is 14.0. The number of carboxylic acid groups (broad SMARTS) is 1. The van der Waals surface area contributed by atoms with Gasteiger partial charge in [0.15, 0.2) is 0 Å². The Kier molecular flexibility index (Phi) is 4.05. The third kappa shape index (κ3) is 2.20. The average Bonchev–Trinajstić information content (AvgIpc) is 3.06. The van der Waals surface area contributed by atoms with Crippen molar-refractivity contribution >= 4 is 17.4 Å². The molecule has 0 amide bonds. The normalized spacial score (nSPS) is 35.9. The summed E-state index contributed by atoms with van der Waals surface area (Å²) < 4.78 is 17.0. The van der Waals surface area contributed by atoms with Gasteiger partial charge in [0.25, 0.3) is 0 Å². The molecule has 0 spiro atoms. The number of aliphatic carboxylic acids is 1. The molecule has 154 valence electrons. The molecule has 0 aromatic heterocycles. The smallest absolute Gasteiger partial charge is 0.308 e. The van der Waals surface area contributed by atoms with Crippen molar-refractivity contribution < 1.29 is 24.1 Å². The van der Waals surface area contributed by atoms with E-state index in [4.69, 9.17) is 19.2 Å². The maximum Gasteiger partial charge on any atom is 0.308 e. The maximum atomic E-state index is 12.8. The number of hydrogen-bond acceptors (Lipinski definition) is 6. The van der Waals surface area contributed by atoms with E-state index in [9.17, 15) is 9.90 Å². The van der Waals surface area contributed by atoms with E-state index in [1.165, 1.54) is 5.57 Å². The number of nitrogens with zero attached hydrogens (tertiary/aromatic N) is 2. The van der Waals surface area contributed by atoms with Crippen LogP contribution in [0.4, 0.5) is 5.69 Å². The molecule has 3 aliphatic heterocycles. The molecule has 0 radical (unpaired) electrons. The molecule has 7 heteroatoms. The number of rotatable bonds is 4. The molecule has 3 fully saturated rings. The Balaban J connectivity index is 1.83. The van der Waals surface area contributed by atoms with Crippen molar-refractivity contribution in [1.29, 1.82) is 0 Å². The van der Waals surface area contributed by atoms with Gasteiger partial charge in [-0.3, -0.25) is 14.7 Å². The number of carbonyl (C=O) groups is 1.